The SMILES string of the molecule is COC(=O)C(=O)N1C[C@@H](c2ccc(OC)c(OCC#Cc3ccccc3)c2)[C@](C)([C@@H](C)O)C1. The van der Waals surface area contributed by atoms with Gasteiger partial charge in [0.1, 0.15) is 6.61 Å². The molecule has 0 unspecified atom stereocenters. The van der Waals surface area contributed by atoms with Crippen LogP contribution in [0.25, 0.3) is 0 Å². The number of nitrogens with zero attached hydrogens (tertiary/aromatic N) is 1. The van der Waals surface area contributed by atoms with E-state index in [9.17, 15) is 14.7 Å². The molecular formula is C26H29NO6. The summed E-state index contributed by atoms with van der Waals surface area (Å²) in [5.74, 6) is 5.25. The summed E-state index contributed by atoms with van der Waals surface area (Å²) >= 11 is 0. The molecule has 1 heterocycles. The number of aliphatic hydroxyl groups excluding tert-OH is 1. The first-order chi connectivity index (χ1) is 15.8. The Labute approximate surface area is 194 Å². The van der Waals surface area contributed by atoms with E-state index in [4.69, 9.17) is 9.47 Å². The summed E-state index contributed by atoms with van der Waals surface area (Å²) in [6.45, 7) is 4.27. The van der Waals surface area contributed by atoms with Crippen LogP contribution in [0.15, 0.2) is 48.5 Å². The number of amides is 1. The van der Waals surface area contributed by atoms with Gasteiger partial charge < -0.3 is 24.2 Å². The number of carbonyl (C=O) groups is 2. The summed E-state index contributed by atoms with van der Waals surface area (Å²) in [5.41, 5.74) is 1.10. The first-order valence-corrected chi connectivity index (χ1v) is 10.7. The van der Waals surface area contributed by atoms with Crippen molar-refractivity contribution < 1.29 is 28.9 Å². The Bertz CT molecular complexity index is 1060. The molecule has 1 fully saturated rings. The molecule has 174 valence electrons. The molecule has 2 aromatic rings. The lowest BCUT2D eigenvalue weighted by atomic mass is 9.72. The first kappa shape index (κ1) is 24.1. The molecule has 7 nitrogen and oxygen atoms in total. The minimum absolute atomic E-state index is 0.167. The topological polar surface area (TPSA) is 85.3 Å². The van der Waals surface area contributed by atoms with Crippen LogP contribution in [0.4, 0.5) is 0 Å². The zero-order valence-electron chi connectivity index (χ0n) is 19.3. The van der Waals surface area contributed by atoms with Gasteiger partial charge in [0.15, 0.2) is 11.5 Å². The zero-order chi connectivity index (χ0) is 24.0. The fraction of sp³-hybridized carbons (Fsp3) is 0.385. The van der Waals surface area contributed by atoms with Gasteiger partial charge in [0.05, 0.1) is 20.3 Å². The van der Waals surface area contributed by atoms with Gasteiger partial charge in [-0.2, -0.15) is 0 Å². The Morgan fingerprint density at radius 3 is 2.55 bits per heavy atom. The molecule has 2 aromatic carbocycles. The van der Waals surface area contributed by atoms with E-state index in [2.05, 4.69) is 16.6 Å². The maximum atomic E-state index is 12.4. The number of benzene rings is 2. The number of esters is 1. The summed E-state index contributed by atoms with van der Waals surface area (Å²) < 4.78 is 15.9. The Balaban J connectivity index is 1.84. The molecular weight excluding hydrogens is 422 g/mol. The van der Waals surface area contributed by atoms with Crippen molar-refractivity contribution in [2.45, 2.75) is 25.9 Å². The van der Waals surface area contributed by atoms with Crippen molar-refractivity contribution in [1.82, 2.24) is 4.90 Å². The third kappa shape index (κ3) is 5.29. The molecule has 1 N–H and O–H groups in total. The fourth-order valence-electron chi connectivity index (χ4n) is 4.09. The molecule has 0 radical (unpaired) electrons. The molecule has 1 aliphatic heterocycles. The number of aliphatic hydroxyl groups is 1. The molecule has 0 saturated carbocycles. The Morgan fingerprint density at radius 2 is 1.91 bits per heavy atom. The summed E-state index contributed by atoms with van der Waals surface area (Å²) in [7, 11) is 2.74. The molecule has 1 saturated heterocycles. The van der Waals surface area contributed by atoms with Crippen LogP contribution in [0.2, 0.25) is 0 Å². The average Bonchev–Trinajstić information content (AvgIpc) is 3.20. The second-order valence-electron chi connectivity index (χ2n) is 8.28. The van der Waals surface area contributed by atoms with Crippen LogP contribution in [0.3, 0.4) is 0 Å². The van der Waals surface area contributed by atoms with E-state index in [-0.39, 0.29) is 25.6 Å². The smallest absolute Gasteiger partial charge is 0.396 e. The molecule has 1 aliphatic rings. The predicted molar refractivity (Wildman–Crippen MR) is 123 cm³/mol. The lowest BCUT2D eigenvalue weighted by Crippen LogP contribution is -2.40. The molecule has 0 bridgehead atoms. The monoisotopic (exact) mass is 451 g/mol. The molecule has 33 heavy (non-hydrogen) atoms. The van der Waals surface area contributed by atoms with Crippen LogP contribution in [0.5, 0.6) is 11.5 Å². The number of ether oxygens (including phenoxy) is 3. The van der Waals surface area contributed by atoms with E-state index in [1.165, 1.54) is 12.0 Å². The van der Waals surface area contributed by atoms with Crippen LogP contribution in [-0.2, 0) is 14.3 Å². The first-order valence-electron chi connectivity index (χ1n) is 10.7. The molecule has 3 atom stereocenters. The van der Waals surface area contributed by atoms with Crippen LogP contribution < -0.4 is 9.47 Å². The molecule has 3 rings (SSSR count). The van der Waals surface area contributed by atoms with Crippen molar-refractivity contribution in [1.29, 1.82) is 0 Å². The highest BCUT2D eigenvalue weighted by atomic mass is 16.5. The van der Waals surface area contributed by atoms with Crippen molar-refractivity contribution in [3.63, 3.8) is 0 Å². The highest BCUT2D eigenvalue weighted by Crippen LogP contribution is 2.46. The van der Waals surface area contributed by atoms with E-state index in [0.29, 0.717) is 11.5 Å². The number of carbonyl (C=O) groups excluding carboxylic acids is 2. The standard InChI is InChI=1S/C26H29NO6/c1-18(28)26(2)17-27(24(29)25(30)32-4)16-21(26)20-12-13-22(31-3)23(15-20)33-14-8-11-19-9-6-5-7-10-19/h5-7,9-10,12-13,15,18,21,28H,14,16-17H2,1-4H3/t18-,21+,26+/m1/s1. The van der Waals surface area contributed by atoms with E-state index >= 15 is 0 Å². The van der Waals surface area contributed by atoms with E-state index in [1.54, 1.807) is 20.1 Å². The summed E-state index contributed by atoms with van der Waals surface area (Å²) in [6, 6.07) is 15.2. The maximum Gasteiger partial charge on any atom is 0.396 e. The van der Waals surface area contributed by atoms with Crippen LogP contribution >= 0.6 is 0 Å². The number of rotatable bonds is 5. The van der Waals surface area contributed by atoms with Crippen molar-refractivity contribution in [2.24, 2.45) is 5.41 Å². The molecule has 0 spiro atoms. The van der Waals surface area contributed by atoms with Crippen LogP contribution in [0.1, 0.15) is 30.9 Å². The third-order valence-electron chi connectivity index (χ3n) is 6.23. The van der Waals surface area contributed by atoms with Gasteiger partial charge in [-0.05, 0) is 36.8 Å². The van der Waals surface area contributed by atoms with Crippen molar-refractivity contribution in [3.05, 3.63) is 59.7 Å². The molecule has 0 aliphatic carbocycles. The maximum absolute atomic E-state index is 12.4. The predicted octanol–water partition coefficient (Wildman–Crippen LogP) is 2.61. The number of hydrogen-bond donors (Lipinski definition) is 1. The van der Waals surface area contributed by atoms with Crippen molar-refractivity contribution in [2.75, 3.05) is 33.9 Å². The van der Waals surface area contributed by atoms with Crippen LogP contribution in [0, 0.1) is 17.3 Å². The largest absolute Gasteiger partial charge is 0.493 e. The summed E-state index contributed by atoms with van der Waals surface area (Å²) in [6.07, 6.45) is -0.721. The number of hydrogen-bond acceptors (Lipinski definition) is 6. The molecule has 1 amide bonds. The van der Waals surface area contributed by atoms with Gasteiger partial charge in [-0.1, -0.05) is 43.0 Å². The van der Waals surface area contributed by atoms with Crippen LogP contribution in [-0.4, -0.2) is 61.9 Å². The number of methoxy groups -OCH3 is 2. The Morgan fingerprint density at radius 1 is 1.18 bits per heavy atom. The lowest BCUT2D eigenvalue weighted by Gasteiger charge is -2.33. The van der Waals surface area contributed by atoms with Gasteiger partial charge in [-0.25, -0.2) is 4.79 Å². The molecule has 0 aromatic heterocycles. The lowest BCUT2D eigenvalue weighted by molar-refractivity contribution is -0.157. The van der Waals surface area contributed by atoms with E-state index in [1.807, 2.05) is 49.4 Å². The second kappa shape index (κ2) is 10.4. The highest BCUT2D eigenvalue weighted by Gasteiger charge is 2.49. The minimum atomic E-state index is -0.917. The van der Waals surface area contributed by atoms with Gasteiger partial charge in [0.2, 0.25) is 0 Å². The Kier molecular flexibility index (Phi) is 7.62. The highest BCUT2D eigenvalue weighted by molar-refractivity contribution is 6.32. The summed E-state index contributed by atoms with van der Waals surface area (Å²) in [5, 5.41) is 10.6. The van der Waals surface area contributed by atoms with E-state index in [0.717, 1.165) is 11.1 Å². The third-order valence-corrected chi connectivity index (χ3v) is 6.23. The summed E-state index contributed by atoms with van der Waals surface area (Å²) in [4.78, 5) is 25.6. The van der Waals surface area contributed by atoms with Gasteiger partial charge in [-0.15, -0.1) is 0 Å². The van der Waals surface area contributed by atoms with E-state index < -0.39 is 23.4 Å². The Hall–Kier alpha value is -3.50. The quantitative estimate of drug-likeness (QED) is 0.427. The zero-order valence-corrected chi connectivity index (χ0v) is 19.3. The van der Waals surface area contributed by atoms with Gasteiger partial charge in [-0.3, -0.25) is 4.79 Å². The van der Waals surface area contributed by atoms with Crippen molar-refractivity contribution >= 4 is 11.9 Å². The van der Waals surface area contributed by atoms with Gasteiger partial charge >= 0.3 is 11.9 Å². The van der Waals surface area contributed by atoms with Crippen molar-refractivity contribution in [3.8, 4) is 23.3 Å². The fourth-order valence-corrected chi connectivity index (χ4v) is 4.09. The average molecular weight is 452 g/mol. The van der Waals surface area contributed by atoms with Gasteiger partial charge in [0.25, 0.3) is 0 Å². The number of likely N-dealkylation sites (tertiary alicyclic amines) is 1. The second-order valence-corrected chi connectivity index (χ2v) is 8.28. The van der Waals surface area contributed by atoms with Gasteiger partial charge in [0, 0.05) is 30.0 Å². The molecule has 7 heteroatoms. The minimum Gasteiger partial charge on any atom is -0.493 e. The normalized spacial score (nSPS) is 20.4.